The molecule has 0 saturated carbocycles. The zero-order valence-electron chi connectivity index (χ0n) is 11.1. The Morgan fingerprint density at radius 1 is 1.00 bits per heavy atom. The maximum absolute atomic E-state index is 11.5. The quantitative estimate of drug-likeness (QED) is 0.352. The maximum Gasteiger partial charge on any atom is 0.338 e. The van der Waals surface area contributed by atoms with Crippen LogP contribution in [0.5, 0.6) is 5.75 Å². The van der Waals surface area contributed by atoms with E-state index in [0.717, 1.165) is 5.69 Å². The van der Waals surface area contributed by atoms with E-state index in [9.17, 15) is 4.79 Å². The average Bonchev–Trinajstić information content (AvgIpc) is 2.47. The molecular formula is C16H14N2O2. The number of rotatable bonds is 4. The minimum atomic E-state index is -0.479. The molecule has 2 aromatic rings. The van der Waals surface area contributed by atoms with Crippen LogP contribution in [0, 0.1) is 0 Å². The van der Waals surface area contributed by atoms with E-state index in [1.54, 1.807) is 31.2 Å². The van der Waals surface area contributed by atoms with Crippen LogP contribution in [0.4, 0.5) is 11.4 Å². The Hall–Kier alpha value is -2.75. The molecule has 20 heavy (non-hydrogen) atoms. The van der Waals surface area contributed by atoms with Crippen LogP contribution in [0.1, 0.15) is 6.92 Å². The number of azo groups is 1. The fourth-order valence-electron chi connectivity index (χ4n) is 1.42. The third-order valence-electron chi connectivity index (χ3n) is 2.45. The Morgan fingerprint density at radius 3 is 2.35 bits per heavy atom. The molecule has 4 nitrogen and oxygen atoms in total. The Kier molecular flexibility index (Phi) is 4.39. The number of benzene rings is 2. The van der Waals surface area contributed by atoms with Gasteiger partial charge in [0.25, 0.3) is 0 Å². The molecular weight excluding hydrogens is 252 g/mol. The highest BCUT2D eigenvalue weighted by molar-refractivity contribution is 5.89. The van der Waals surface area contributed by atoms with E-state index >= 15 is 0 Å². The lowest BCUT2D eigenvalue weighted by Crippen LogP contribution is -2.08. The first-order chi connectivity index (χ1) is 9.66. The minimum absolute atomic E-state index is 0.333. The van der Waals surface area contributed by atoms with Gasteiger partial charge in [-0.05, 0) is 31.2 Å². The number of carbonyl (C=O) groups is 1. The molecule has 2 aromatic carbocycles. The van der Waals surface area contributed by atoms with E-state index in [-0.39, 0.29) is 0 Å². The van der Waals surface area contributed by atoms with Crippen LogP contribution >= 0.6 is 0 Å². The summed E-state index contributed by atoms with van der Waals surface area (Å²) in [6.45, 7) is 5.14. The first-order valence-corrected chi connectivity index (χ1v) is 6.10. The number of nitrogens with zero attached hydrogens (tertiary/aromatic N) is 2. The molecule has 0 bridgehead atoms. The van der Waals surface area contributed by atoms with Gasteiger partial charge in [0.1, 0.15) is 5.69 Å². The Labute approximate surface area is 117 Å². The largest absolute Gasteiger partial charge is 0.421 e. The summed E-state index contributed by atoms with van der Waals surface area (Å²) in [5, 5.41) is 8.21. The summed E-state index contributed by atoms with van der Waals surface area (Å²) in [4.78, 5) is 11.5. The summed E-state index contributed by atoms with van der Waals surface area (Å²) < 4.78 is 5.20. The molecule has 0 fully saturated rings. The van der Waals surface area contributed by atoms with Crippen molar-refractivity contribution in [2.24, 2.45) is 10.2 Å². The Bertz CT molecular complexity index is 649. The molecule has 0 amide bonds. The van der Waals surface area contributed by atoms with E-state index in [0.29, 0.717) is 17.0 Å². The van der Waals surface area contributed by atoms with Crippen molar-refractivity contribution < 1.29 is 9.53 Å². The predicted molar refractivity (Wildman–Crippen MR) is 77.5 cm³/mol. The molecule has 0 aliphatic rings. The summed E-state index contributed by atoms with van der Waals surface area (Å²) in [5.74, 6) is -0.118. The fourth-order valence-corrected chi connectivity index (χ4v) is 1.42. The van der Waals surface area contributed by atoms with Crippen molar-refractivity contribution in [2.75, 3.05) is 0 Å². The van der Waals surface area contributed by atoms with E-state index < -0.39 is 5.97 Å². The molecule has 2 rings (SSSR count). The van der Waals surface area contributed by atoms with Gasteiger partial charge in [0.05, 0.1) is 5.69 Å². The molecule has 100 valence electrons. The van der Waals surface area contributed by atoms with Gasteiger partial charge in [-0.1, -0.05) is 36.9 Å². The first-order valence-electron chi connectivity index (χ1n) is 6.10. The Morgan fingerprint density at radius 2 is 1.65 bits per heavy atom. The lowest BCUT2D eigenvalue weighted by atomic mass is 10.3. The lowest BCUT2D eigenvalue weighted by molar-refractivity contribution is -0.130. The van der Waals surface area contributed by atoms with Crippen LogP contribution < -0.4 is 4.74 Å². The summed E-state index contributed by atoms with van der Waals surface area (Å²) in [6.07, 6.45) is 0. The SMILES string of the molecule is C=C(C)C(=O)Oc1ccccc1N=Nc1ccccc1. The van der Waals surface area contributed by atoms with Crippen molar-refractivity contribution >= 4 is 17.3 Å². The van der Waals surface area contributed by atoms with Crippen molar-refractivity contribution in [3.8, 4) is 5.75 Å². The lowest BCUT2D eigenvalue weighted by Gasteiger charge is -2.05. The molecule has 0 spiro atoms. The summed E-state index contributed by atoms with van der Waals surface area (Å²) in [6, 6.07) is 16.3. The normalized spacial score (nSPS) is 10.4. The second kappa shape index (κ2) is 6.43. The molecule has 0 aromatic heterocycles. The van der Waals surface area contributed by atoms with Gasteiger partial charge in [0.2, 0.25) is 0 Å². The highest BCUT2D eigenvalue weighted by atomic mass is 16.5. The average molecular weight is 266 g/mol. The summed E-state index contributed by atoms with van der Waals surface area (Å²) in [5.41, 5.74) is 1.55. The predicted octanol–water partition coefficient (Wildman–Crippen LogP) is 4.58. The molecule has 0 aliphatic heterocycles. The van der Waals surface area contributed by atoms with Crippen molar-refractivity contribution in [3.63, 3.8) is 0 Å². The van der Waals surface area contributed by atoms with Gasteiger partial charge in [-0.15, -0.1) is 5.11 Å². The minimum Gasteiger partial charge on any atom is -0.421 e. The first kappa shape index (κ1) is 13.7. The van der Waals surface area contributed by atoms with E-state index in [4.69, 9.17) is 4.74 Å². The van der Waals surface area contributed by atoms with Crippen molar-refractivity contribution in [1.82, 2.24) is 0 Å². The standard InChI is InChI=1S/C16H14N2O2/c1-12(2)16(19)20-15-11-7-6-10-14(15)18-17-13-8-4-3-5-9-13/h3-11H,1H2,2H3. The van der Waals surface area contributed by atoms with Crippen LogP contribution in [0.25, 0.3) is 0 Å². The highest BCUT2D eigenvalue weighted by Gasteiger charge is 2.08. The zero-order valence-corrected chi connectivity index (χ0v) is 11.1. The van der Waals surface area contributed by atoms with Gasteiger partial charge in [-0.25, -0.2) is 4.79 Å². The van der Waals surface area contributed by atoms with Crippen molar-refractivity contribution in [1.29, 1.82) is 0 Å². The monoisotopic (exact) mass is 266 g/mol. The van der Waals surface area contributed by atoms with Gasteiger partial charge in [0.15, 0.2) is 5.75 Å². The molecule has 0 heterocycles. The van der Waals surface area contributed by atoms with Gasteiger partial charge in [0, 0.05) is 5.57 Å². The van der Waals surface area contributed by atoms with Crippen LogP contribution in [-0.4, -0.2) is 5.97 Å². The smallest absolute Gasteiger partial charge is 0.338 e. The second-order valence-corrected chi connectivity index (χ2v) is 4.17. The summed E-state index contributed by atoms with van der Waals surface area (Å²) in [7, 11) is 0. The summed E-state index contributed by atoms with van der Waals surface area (Å²) >= 11 is 0. The fraction of sp³-hybridized carbons (Fsp3) is 0.0625. The number of hydrogen-bond donors (Lipinski definition) is 0. The van der Waals surface area contributed by atoms with Crippen LogP contribution in [0.3, 0.4) is 0 Å². The van der Waals surface area contributed by atoms with Gasteiger partial charge >= 0.3 is 5.97 Å². The molecule has 0 N–H and O–H groups in total. The van der Waals surface area contributed by atoms with Gasteiger partial charge in [-0.3, -0.25) is 0 Å². The highest BCUT2D eigenvalue weighted by Crippen LogP contribution is 2.29. The molecule has 0 radical (unpaired) electrons. The number of esters is 1. The molecule has 0 atom stereocenters. The van der Waals surface area contributed by atoms with Crippen molar-refractivity contribution in [3.05, 3.63) is 66.7 Å². The van der Waals surface area contributed by atoms with Gasteiger partial charge < -0.3 is 4.74 Å². The number of hydrogen-bond acceptors (Lipinski definition) is 4. The van der Waals surface area contributed by atoms with Gasteiger partial charge in [-0.2, -0.15) is 5.11 Å². The van der Waals surface area contributed by atoms with Crippen molar-refractivity contribution in [2.45, 2.75) is 6.92 Å². The maximum atomic E-state index is 11.5. The topological polar surface area (TPSA) is 51.0 Å². The van der Waals surface area contributed by atoms with Crippen LogP contribution in [-0.2, 0) is 4.79 Å². The Balaban J connectivity index is 2.22. The number of ether oxygens (including phenoxy) is 1. The molecule has 0 saturated heterocycles. The van der Waals surface area contributed by atoms with E-state index in [1.165, 1.54) is 0 Å². The van der Waals surface area contributed by atoms with E-state index in [2.05, 4.69) is 16.8 Å². The van der Waals surface area contributed by atoms with Crippen LogP contribution in [0.2, 0.25) is 0 Å². The third-order valence-corrected chi connectivity index (χ3v) is 2.45. The number of para-hydroxylation sites is 1. The third kappa shape index (κ3) is 3.62. The molecule has 0 unspecified atom stereocenters. The number of carbonyl (C=O) groups excluding carboxylic acids is 1. The van der Waals surface area contributed by atoms with Crippen LogP contribution in [0.15, 0.2) is 77.0 Å². The zero-order chi connectivity index (χ0) is 14.4. The molecule has 4 heteroatoms. The second-order valence-electron chi connectivity index (χ2n) is 4.17. The molecule has 0 aliphatic carbocycles. The van der Waals surface area contributed by atoms with E-state index in [1.807, 2.05) is 30.3 Å².